The third-order valence-electron chi connectivity index (χ3n) is 2.40. The number of carbonyl (C=O) groups excluding carboxylic acids is 1. The van der Waals surface area contributed by atoms with E-state index in [0.29, 0.717) is 10.2 Å². The van der Waals surface area contributed by atoms with Gasteiger partial charge in [-0.15, -0.1) is 0 Å². The maximum atomic E-state index is 11.9. The second-order valence-electron chi connectivity index (χ2n) is 3.75. The van der Waals surface area contributed by atoms with Crippen LogP contribution in [0, 0.1) is 0 Å². The first-order chi connectivity index (χ1) is 8.97. The summed E-state index contributed by atoms with van der Waals surface area (Å²) in [6.45, 7) is 0. The standard InChI is InChI=1S/C11H8Br2N2O4/c12-5-1-2-7(6(13)3-5)14-10(16)9-4-8(11(17)18)15-19-9/h1-3,9H,4H2,(H,14,16)(H,17,18). The van der Waals surface area contributed by atoms with E-state index in [1.807, 2.05) is 0 Å². The highest BCUT2D eigenvalue weighted by Gasteiger charge is 2.31. The molecular weight excluding hydrogens is 384 g/mol. The van der Waals surface area contributed by atoms with E-state index in [-0.39, 0.29) is 12.1 Å². The van der Waals surface area contributed by atoms with Crippen molar-refractivity contribution < 1.29 is 19.5 Å². The molecule has 1 atom stereocenters. The summed E-state index contributed by atoms with van der Waals surface area (Å²) in [6.07, 6.45) is -0.961. The minimum absolute atomic E-state index is 0.0463. The Balaban J connectivity index is 2.01. The van der Waals surface area contributed by atoms with Gasteiger partial charge in [0.05, 0.1) is 5.69 Å². The van der Waals surface area contributed by atoms with Crippen molar-refractivity contribution >= 4 is 55.1 Å². The Bertz CT molecular complexity index is 574. The van der Waals surface area contributed by atoms with Crippen molar-refractivity contribution in [1.82, 2.24) is 0 Å². The molecular formula is C11H8Br2N2O4. The van der Waals surface area contributed by atoms with Crippen molar-refractivity contribution in [2.45, 2.75) is 12.5 Å². The van der Waals surface area contributed by atoms with Crippen molar-refractivity contribution in [3.05, 3.63) is 27.1 Å². The quantitative estimate of drug-likeness (QED) is 0.827. The van der Waals surface area contributed by atoms with E-state index >= 15 is 0 Å². The Morgan fingerprint density at radius 1 is 1.42 bits per heavy atom. The van der Waals surface area contributed by atoms with Gasteiger partial charge in [0, 0.05) is 15.4 Å². The van der Waals surface area contributed by atoms with Crippen LogP contribution in [0.1, 0.15) is 6.42 Å². The number of nitrogens with one attached hydrogen (secondary N) is 1. The number of halogens is 2. The van der Waals surface area contributed by atoms with Gasteiger partial charge in [0.2, 0.25) is 6.10 Å². The number of aliphatic carboxylic acids is 1. The lowest BCUT2D eigenvalue weighted by Crippen LogP contribution is -2.29. The molecule has 8 heteroatoms. The number of carbonyl (C=O) groups is 2. The fourth-order valence-electron chi connectivity index (χ4n) is 1.45. The highest BCUT2D eigenvalue weighted by atomic mass is 79.9. The van der Waals surface area contributed by atoms with Crippen LogP contribution in [0.25, 0.3) is 0 Å². The van der Waals surface area contributed by atoms with Gasteiger partial charge < -0.3 is 15.3 Å². The monoisotopic (exact) mass is 390 g/mol. The zero-order chi connectivity index (χ0) is 14.0. The Kier molecular flexibility index (Phi) is 4.20. The van der Waals surface area contributed by atoms with Crippen molar-refractivity contribution in [1.29, 1.82) is 0 Å². The number of hydrogen-bond acceptors (Lipinski definition) is 4. The van der Waals surface area contributed by atoms with Crippen LogP contribution in [0.2, 0.25) is 0 Å². The lowest BCUT2D eigenvalue weighted by atomic mass is 10.1. The predicted octanol–water partition coefficient (Wildman–Crippen LogP) is 2.38. The van der Waals surface area contributed by atoms with Crippen LogP contribution in [0.5, 0.6) is 0 Å². The Morgan fingerprint density at radius 2 is 2.16 bits per heavy atom. The van der Waals surface area contributed by atoms with Gasteiger partial charge >= 0.3 is 5.97 Å². The first-order valence-corrected chi connectivity index (χ1v) is 6.78. The fourth-order valence-corrected chi connectivity index (χ4v) is 2.59. The number of carboxylic acids is 1. The number of carboxylic acid groups (broad SMARTS) is 1. The van der Waals surface area contributed by atoms with E-state index in [2.05, 4.69) is 42.3 Å². The minimum atomic E-state index is -1.18. The molecule has 2 N–H and O–H groups in total. The average Bonchev–Trinajstić information content (AvgIpc) is 2.82. The first kappa shape index (κ1) is 14.0. The lowest BCUT2D eigenvalue weighted by Gasteiger charge is -2.10. The van der Waals surface area contributed by atoms with E-state index in [1.165, 1.54) is 0 Å². The predicted molar refractivity (Wildman–Crippen MR) is 75.0 cm³/mol. The summed E-state index contributed by atoms with van der Waals surface area (Å²) < 4.78 is 1.57. The summed E-state index contributed by atoms with van der Waals surface area (Å²) in [4.78, 5) is 27.3. The average molecular weight is 392 g/mol. The van der Waals surface area contributed by atoms with Crippen molar-refractivity contribution in [3.8, 4) is 0 Å². The number of benzene rings is 1. The van der Waals surface area contributed by atoms with Gasteiger partial charge in [-0.05, 0) is 34.1 Å². The van der Waals surface area contributed by atoms with E-state index in [1.54, 1.807) is 18.2 Å². The summed E-state index contributed by atoms with van der Waals surface area (Å²) >= 11 is 6.61. The molecule has 0 bridgehead atoms. The SMILES string of the molecule is O=C(O)C1=NOC(C(=O)Nc2ccc(Br)cc2Br)C1. The zero-order valence-corrected chi connectivity index (χ0v) is 12.6. The molecule has 6 nitrogen and oxygen atoms in total. The molecule has 0 radical (unpaired) electrons. The molecule has 1 unspecified atom stereocenters. The van der Waals surface area contributed by atoms with Gasteiger partial charge in [0.1, 0.15) is 0 Å². The maximum Gasteiger partial charge on any atom is 0.353 e. The summed E-state index contributed by atoms with van der Waals surface area (Å²) in [7, 11) is 0. The van der Waals surface area contributed by atoms with Crippen LogP contribution < -0.4 is 5.32 Å². The molecule has 1 amide bonds. The molecule has 0 saturated heterocycles. The number of hydrogen-bond donors (Lipinski definition) is 2. The van der Waals surface area contributed by atoms with Gasteiger partial charge in [-0.2, -0.15) is 0 Å². The Hall–Kier alpha value is -1.41. The molecule has 100 valence electrons. The van der Waals surface area contributed by atoms with Gasteiger partial charge in [-0.1, -0.05) is 21.1 Å². The molecule has 2 rings (SSSR count). The number of amides is 1. The first-order valence-electron chi connectivity index (χ1n) is 5.19. The van der Waals surface area contributed by atoms with E-state index in [4.69, 9.17) is 9.94 Å². The number of oxime groups is 1. The van der Waals surface area contributed by atoms with Crippen LogP contribution >= 0.6 is 31.9 Å². The normalized spacial score (nSPS) is 17.6. The minimum Gasteiger partial charge on any atom is -0.477 e. The molecule has 1 aliphatic heterocycles. The van der Waals surface area contributed by atoms with Crippen LogP contribution in [0.4, 0.5) is 5.69 Å². The second-order valence-corrected chi connectivity index (χ2v) is 5.52. The molecule has 0 aliphatic carbocycles. The third kappa shape index (κ3) is 3.32. The fraction of sp³-hybridized carbons (Fsp3) is 0.182. The summed E-state index contributed by atoms with van der Waals surface area (Å²) in [5, 5.41) is 14.7. The lowest BCUT2D eigenvalue weighted by molar-refractivity contribution is -0.129. The summed E-state index contributed by atoms with van der Waals surface area (Å²) in [5.74, 6) is -1.62. The van der Waals surface area contributed by atoms with Crippen LogP contribution in [0.15, 0.2) is 32.3 Å². The van der Waals surface area contributed by atoms with Gasteiger partial charge in [0.15, 0.2) is 5.71 Å². The molecule has 1 aromatic rings. The molecule has 1 heterocycles. The number of anilines is 1. The topological polar surface area (TPSA) is 88.0 Å². The van der Waals surface area contributed by atoms with E-state index in [0.717, 1.165) is 4.47 Å². The van der Waals surface area contributed by atoms with Gasteiger partial charge in [-0.25, -0.2) is 4.79 Å². The molecule has 0 fully saturated rings. The van der Waals surface area contributed by atoms with Crippen molar-refractivity contribution in [2.75, 3.05) is 5.32 Å². The van der Waals surface area contributed by atoms with Crippen molar-refractivity contribution in [2.24, 2.45) is 5.16 Å². The van der Waals surface area contributed by atoms with Gasteiger partial charge in [0.25, 0.3) is 5.91 Å². The smallest absolute Gasteiger partial charge is 0.353 e. The Morgan fingerprint density at radius 3 is 2.74 bits per heavy atom. The maximum absolute atomic E-state index is 11.9. The van der Waals surface area contributed by atoms with E-state index in [9.17, 15) is 9.59 Å². The highest BCUT2D eigenvalue weighted by molar-refractivity contribution is 9.11. The number of rotatable bonds is 3. The summed E-state index contributed by atoms with van der Waals surface area (Å²) in [5.41, 5.74) is 0.413. The third-order valence-corrected chi connectivity index (χ3v) is 3.55. The van der Waals surface area contributed by atoms with E-state index < -0.39 is 18.0 Å². The highest BCUT2D eigenvalue weighted by Crippen LogP contribution is 2.26. The zero-order valence-electron chi connectivity index (χ0n) is 9.39. The summed E-state index contributed by atoms with van der Waals surface area (Å²) in [6, 6.07) is 5.26. The molecule has 0 saturated carbocycles. The van der Waals surface area contributed by atoms with Gasteiger partial charge in [-0.3, -0.25) is 4.79 Å². The molecule has 19 heavy (non-hydrogen) atoms. The molecule has 1 aliphatic rings. The van der Waals surface area contributed by atoms with Crippen LogP contribution in [-0.2, 0) is 14.4 Å². The molecule has 0 aromatic heterocycles. The molecule has 0 spiro atoms. The van der Waals surface area contributed by atoms with Crippen LogP contribution in [-0.4, -0.2) is 28.8 Å². The number of nitrogens with zero attached hydrogens (tertiary/aromatic N) is 1. The Labute approximate surface area is 125 Å². The van der Waals surface area contributed by atoms with Crippen molar-refractivity contribution in [3.63, 3.8) is 0 Å². The molecule has 1 aromatic carbocycles. The largest absolute Gasteiger partial charge is 0.477 e. The second kappa shape index (κ2) is 5.70. The van der Waals surface area contributed by atoms with Crippen LogP contribution in [0.3, 0.4) is 0 Å².